The van der Waals surface area contributed by atoms with Gasteiger partial charge in [-0.25, -0.2) is 0 Å². The molecule has 0 aromatic heterocycles. The molecule has 0 bridgehead atoms. The van der Waals surface area contributed by atoms with E-state index in [4.69, 9.17) is 10.3 Å². The number of benzene rings is 1. The van der Waals surface area contributed by atoms with Crippen LogP contribution in [0.3, 0.4) is 0 Å². The second kappa shape index (κ2) is 4.77. The number of hydrogen-bond acceptors (Lipinski definition) is 4. The van der Waals surface area contributed by atoms with E-state index in [1.54, 1.807) is 24.5 Å². The third-order valence-corrected chi connectivity index (χ3v) is 2.15. The van der Waals surface area contributed by atoms with Crippen LogP contribution in [0.1, 0.15) is 11.1 Å². The van der Waals surface area contributed by atoms with Crippen LogP contribution in [-0.4, -0.2) is 27.4 Å². The van der Waals surface area contributed by atoms with E-state index in [9.17, 15) is 9.90 Å². The summed E-state index contributed by atoms with van der Waals surface area (Å²) in [5.41, 5.74) is 3.13. The summed E-state index contributed by atoms with van der Waals surface area (Å²) in [6.45, 7) is 1.72. The predicted octanol–water partition coefficient (Wildman–Crippen LogP) is 0.675. The number of carboxylic acids is 1. The highest BCUT2D eigenvalue weighted by Crippen LogP contribution is 2.17. The molecule has 1 aromatic carbocycles. The number of carbonyl (C=O) groups is 1. The van der Waals surface area contributed by atoms with Gasteiger partial charge >= 0.3 is 5.97 Å². The van der Waals surface area contributed by atoms with Gasteiger partial charge in [-0.2, -0.15) is 5.48 Å². The molecule has 4 N–H and O–H groups in total. The lowest BCUT2D eigenvalue weighted by molar-refractivity contribution is -0.142. The lowest BCUT2D eigenvalue weighted by Gasteiger charge is -2.10. The minimum atomic E-state index is -1.12. The first-order valence-electron chi connectivity index (χ1n) is 4.45. The number of hydroxylamine groups is 1. The maximum atomic E-state index is 10.6. The minimum Gasteiger partial charge on any atom is -0.508 e. The molecular weight excluding hydrogens is 198 g/mol. The standard InChI is InChI=1S/C10H13NO4/c1-6-4-7(2-3-9(6)12)5-8(11-15)10(13)14/h2-4,8,11-12,15H,5H2,1H3,(H,13,14)/t8-/m0/s1. The van der Waals surface area contributed by atoms with E-state index < -0.39 is 12.0 Å². The first kappa shape index (κ1) is 11.5. The van der Waals surface area contributed by atoms with Crippen LogP contribution >= 0.6 is 0 Å². The number of phenolic OH excluding ortho intramolecular Hbond substituents is 1. The summed E-state index contributed by atoms with van der Waals surface area (Å²) in [6, 6.07) is 3.77. The van der Waals surface area contributed by atoms with Crippen molar-refractivity contribution in [1.29, 1.82) is 0 Å². The molecule has 1 rings (SSSR count). The molecule has 82 valence electrons. The summed E-state index contributed by atoms with van der Waals surface area (Å²) in [7, 11) is 0. The zero-order chi connectivity index (χ0) is 11.4. The van der Waals surface area contributed by atoms with Gasteiger partial charge in [0.15, 0.2) is 0 Å². The molecule has 0 aliphatic heterocycles. The SMILES string of the molecule is Cc1cc(C[C@H](NO)C(=O)O)ccc1O. The maximum absolute atomic E-state index is 10.6. The second-order valence-corrected chi connectivity index (χ2v) is 3.34. The Morgan fingerprint density at radius 1 is 1.53 bits per heavy atom. The molecule has 0 radical (unpaired) electrons. The molecule has 0 aliphatic rings. The van der Waals surface area contributed by atoms with E-state index in [2.05, 4.69) is 0 Å². The van der Waals surface area contributed by atoms with Gasteiger partial charge in [-0.05, 0) is 24.1 Å². The fourth-order valence-corrected chi connectivity index (χ4v) is 1.27. The number of hydrogen-bond donors (Lipinski definition) is 4. The molecule has 0 heterocycles. The number of phenols is 1. The predicted molar refractivity (Wildman–Crippen MR) is 52.9 cm³/mol. The quantitative estimate of drug-likeness (QED) is 0.550. The van der Waals surface area contributed by atoms with Crippen LogP contribution in [0.4, 0.5) is 0 Å². The Morgan fingerprint density at radius 3 is 2.67 bits per heavy atom. The smallest absolute Gasteiger partial charge is 0.323 e. The van der Waals surface area contributed by atoms with E-state index in [0.29, 0.717) is 5.56 Å². The van der Waals surface area contributed by atoms with E-state index in [1.165, 1.54) is 6.07 Å². The van der Waals surface area contributed by atoms with Gasteiger partial charge in [-0.1, -0.05) is 12.1 Å². The summed E-state index contributed by atoms with van der Waals surface area (Å²) in [5.74, 6) is -0.953. The van der Waals surface area contributed by atoms with Gasteiger partial charge in [-0.3, -0.25) is 4.79 Å². The first-order valence-corrected chi connectivity index (χ1v) is 4.45. The van der Waals surface area contributed by atoms with Gasteiger partial charge in [0.05, 0.1) is 0 Å². The van der Waals surface area contributed by atoms with E-state index >= 15 is 0 Å². The molecule has 0 aliphatic carbocycles. The van der Waals surface area contributed by atoms with Gasteiger partial charge in [0.2, 0.25) is 0 Å². The monoisotopic (exact) mass is 211 g/mol. The number of rotatable bonds is 4. The number of aliphatic carboxylic acids is 1. The summed E-state index contributed by atoms with van der Waals surface area (Å²) in [5, 5.41) is 26.6. The Balaban J connectivity index is 2.80. The van der Waals surface area contributed by atoms with Crippen LogP contribution in [0, 0.1) is 6.92 Å². The fourth-order valence-electron chi connectivity index (χ4n) is 1.27. The molecule has 0 unspecified atom stereocenters. The first-order chi connectivity index (χ1) is 7.04. The molecule has 0 spiro atoms. The van der Waals surface area contributed by atoms with Gasteiger partial charge < -0.3 is 15.4 Å². The van der Waals surface area contributed by atoms with Crippen molar-refractivity contribution in [1.82, 2.24) is 5.48 Å². The average molecular weight is 211 g/mol. The van der Waals surface area contributed by atoms with Gasteiger partial charge in [0.25, 0.3) is 0 Å². The normalized spacial score (nSPS) is 12.4. The molecule has 1 atom stereocenters. The highest BCUT2D eigenvalue weighted by Gasteiger charge is 2.16. The van der Waals surface area contributed by atoms with Crippen LogP contribution in [0.15, 0.2) is 18.2 Å². The van der Waals surface area contributed by atoms with Crippen molar-refractivity contribution in [2.45, 2.75) is 19.4 Å². The topological polar surface area (TPSA) is 89.8 Å². The Bertz CT molecular complexity index is 364. The van der Waals surface area contributed by atoms with Crippen LogP contribution < -0.4 is 5.48 Å². The zero-order valence-electron chi connectivity index (χ0n) is 8.27. The summed E-state index contributed by atoms with van der Waals surface area (Å²) < 4.78 is 0. The van der Waals surface area contributed by atoms with Crippen LogP contribution in [-0.2, 0) is 11.2 Å². The van der Waals surface area contributed by atoms with Crippen molar-refractivity contribution >= 4 is 5.97 Å². The highest BCUT2D eigenvalue weighted by molar-refractivity contribution is 5.73. The van der Waals surface area contributed by atoms with Crippen LogP contribution in [0.5, 0.6) is 5.75 Å². The van der Waals surface area contributed by atoms with E-state index in [0.717, 1.165) is 5.56 Å². The third kappa shape index (κ3) is 2.93. The largest absolute Gasteiger partial charge is 0.508 e. The molecule has 5 nitrogen and oxygen atoms in total. The molecule has 0 fully saturated rings. The van der Waals surface area contributed by atoms with Crippen molar-refractivity contribution in [2.24, 2.45) is 0 Å². The zero-order valence-corrected chi connectivity index (χ0v) is 8.27. The molecule has 0 amide bonds. The number of aryl methyl sites for hydroxylation is 1. The number of aromatic hydroxyl groups is 1. The number of nitrogens with one attached hydrogen (secondary N) is 1. The van der Waals surface area contributed by atoms with Crippen molar-refractivity contribution in [2.75, 3.05) is 0 Å². The summed E-state index contributed by atoms with van der Waals surface area (Å²) in [6.07, 6.45) is 0.160. The average Bonchev–Trinajstić information content (AvgIpc) is 2.19. The fraction of sp³-hybridized carbons (Fsp3) is 0.300. The minimum absolute atomic E-state index is 0.160. The van der Waals surface area contributed by atoms with E-state index in [-0.39, 0.29) is 12.2 Å². The Hall–Kier alpha value is -1.59. The Labute approximate surface area is 86.9 Å². The Kier molecular flexibility index (Phi) is 3.65. The maximum Gasteiger partial charge on any atom is 0.323 e. The molecule has 1 aromatic rings. The Morgan fingerprint density at radius 2 is 2.20 bits per heavy atom. The lowest BCUT2D eigenvalue weighted by atomic mass is 10.0. The number of carboxylic acid groups (broad SMARTS) is 1. The molecule has 5 heteroatoms. The second-order valence-electron chi connectivity index (χ2n) is 3.34. The van der Waals surface area contributed by atoms with Crippen LogP contribution in [0.2, 0.25) is 0 Å². The van der Waals surface area contributed by atoms with E-state index in [1.807, 2.05) is 0 Å². The third-order valence-electron chi connectivity index (χ3n) is 2.15. The van der Waals surface area contributed by atoms with Gasteiger partial charge in [0, 0.05) is 6.42 Å². The molecule has 0 saturated heterocycles. The lowest BCUT2D eigenvalue weighted by Crippen LogP contribution is -2.36. The van der Waals surface area contributed by atoms with Gasteiger partial charge in [0.1, 0.15) is 11.8 Å². The summed E-state index contributed by atoms with van der Waals surface area (Å²) in [4.78, 5) is 10.6. The van der Waals surface area contributed by atoms with Crippen molar-refractivity contribution in [3.8, 4) is 5.75 Å². The van der Waals surface area contributed by atoms with Gasteiger partial charge in [-0.15, -0.1) is 0 Å². The van der Waals surface area contributed by atoms with Crippen molar-refractivity contribution < 1.29 is 20.2 Å². The molecule has 15 heavy (non-hydrogen) atoms. The highest BCUT2D eigenvalue weighted by atomic mass is 16.5. The molecular formula is C10H13NO4. The van der Waals surface area contributed by atoms with Crippen molar-refractivity contribution in [3.05, 3.63) is 29.3 Å². The molecule has 0 saturated carbocycles. The van der Waals surface area contributed by atoms with Crippen LogP contribution in [0.25, 0.3) is 0 Å². The summed E-state index contributed by atoms with van der Waals surface area (Å²) >= 11 is 0. The van der Waals surface area contributed by atoms with Crippen molar-refractivity contribution in [3.63, 3.8) is 0 Å².